The van der Waals surface area contributed by atoms with Crippen LogP contribution in [0.3, 0.4) is 0 Å². The number of fused-ring (bicyclic) bond motifs is 1. The molecule has 0 saturated heterocycles. The van der Waals surface area contributed by atoms with Crippen molar-refractivity contribution in [3.8, 4) is 10.7 Å². The van der Waals surface area contributed by atoms with Crippen molar-refractivity contribution >= 4 is 44.7 Å². The summed E-state index contributed by atoms with van der Waals surface area (Å²) in [7, 11) is 0. The topological polar surface area (TPSA) is 78.4 Å². The van der Waals surface area contributed by atoms with Crippen molar-refractivity contribution in [2.24, 2.45) is 0 Å². The number of carbonyl (C=O) groups is 2. The number of pyridine rings is 1. The van der Waals surface area contributed by atoms with E-state index in [9.17, 15) is 14.0 Å². The highest BCUT2D eigenvalue weighted by molar-refractivity contribution is 7.21. The lowest BCUT2D eigenvalue weighted by molar-refractivity contribution is -0.144. The van der Waals surface area contributed by atoms with Gasteiger partial charge in [0.1, 0.15) is 22.3 Å². The SMILES string of the molecule is CCOC(=O)c1sc2cccc(F)c2c1COC(=O)Cc1csc(-c2ccccn2)n1. The molecule has 3 heterocycles. The van der Waals surface area contributed by atoms with Gasteiger partial charge in [-0.15, -0.1) is 22.7 Å². The quantitative estimate of drug-likeness (QED) is 0.363. The number of hydrogen-bond acceptors (Lipinski definition) is 8. The molecule has 0 unspecified atom stereocenters. The van der Waals surface area contributed by atoms with E-state index in [1.54, 1.807) is 30.6 Å². The highest BCUT2D eigenvalue weighted by Crippen LogP contribution is 2.34. The lowest BCUT2D eigenvalue weighted by Gasteiger charge is -2.07. The molecule has 0 radical (unpaired) electrons. The van der Waals surface area contributed by atoms with Gasteiger partial charge in [-0.05, 0) is 31.2 Å². The Hall–Kier alpha value is -3.17. The van der Waals surface area contributed by atoms with E-state index in [2.05, 4.69) is 9.97 Å². The zero-order chi connectivity index (χ0) is 21.8. The van der Waals surface area contributed by atoms with Crippen LogP contribution in [0.15, 0.2) is 48.0 Å². The molecule has 0 bridgehead atoms. The Kier molecular flexibility index (Phi) is 6.34. The molecule has 6 nitrogen and oxygen atoms in total. The van der Waals surface area contributed by atoms with Gasteiger partial charge in [-0.3, -0.25) is 9.78 Å². The maximum atomic E-state index is 14.4. The Morgan fingerprint density at radius 3 is 2.77 bits per heavy atom. The Balaban J connectivity index is 1.50. The largest absolute Gasteiger partial charge is 0.462 e. The van der Waals surface area contributed by atoms with Crippen LogP contribution in [0.1, 0.15) is 27.9 Å². The lowest BCUT2D eigenvalue weighted by Crippen LogP contribution is -2.11. The molecule has 0 atom stereocenters. The van der Waals surface area contributed by atoms with E-state index in [-0.39, 0.29) is 29.9 Å². The lowest BCUT2D eigenvalue weighted by atomic mass is 10.1. The van der Waals surface area contributed by atoms with Crippen LogP contribution in [-0.2, 0) is 27.3 Å². The fraction of sp³-hybridized carbons (Fsp3) is 0.182. The standard InChI is InChI=1S/C22H17FN2O4S2/c1-2-28-22(27)20-14(19-15(23)6-5-8-17(19)31-20)11-29-18(26)10-13-12-30-21(25-13)16-7-3-4-9-24-16/h3-9,12H,2,10-11H2,1H3. The summed E-state index contributed by atoms with van der Waals surface area (Å²) < 4.78 is 25.5. The van der Waals surface area contributed by atoms with Crippen LogP contribution >= 0.6 is 22.7 Å². The van der Waals surface area contributed by atoms with Gasteiger partial charge in [-0.1, -0.05) is 12.1 Å². The third-order valence-electron chi connectivity index (χ3n) is 4.36. The van der Waals surface area contributed by atoms with Crippen molar-refractivity contribution in [2.45, 2.75) is 20.0 Å². The maximum absolute atomic E-state index is 14.4. The fourth-order valence-electron chi connectivity index (χ4n) is 3.01. The predicted molar refractivity (Wildman–Crippen MR) is 117 cm³/mol. The van der Waals surface area contributed by atoms with Crippen molar-refractivity contribution in [3.63, 3.8) is 0 Å². The molecule has 4 rings (SSSR count). The molecule has 0 aliphatic rings. The first kappa shape index (κ1) is 21.1. The van der Waals surface area contributed by atoms with E-state index >= 15 is 0 Å². The van der Waals surface area contributed by atoms with Gasteiger partial charge in [0.05, 0.1) is 24.4 Å². The van der Waals surface area contributed by atoms with E-state index in [1.165, 1.54) is 17.4 Å². The molecule has 0 saturated carbocycles. The van der Waals surface area contributed by atoms with Crippen LogP contribution in [0.25, 0.3) is 20.8 Å². The van der Waals surface area contributed by atoms with Gasteiger partial charge in [0.2, 0.25) is 0 Å². The molecule has 0 amide bonds. The van der Waals surface area contributed by atoms with E-state index < -0.39 is 17.8 Å². The number of rotatable bonds is 7. The predicted octanol–water partition coefficient (Wildman–Crippen LogP) is 5.02. The van der Waals surface area contributed by atoms with Crippen molar-refractivity contribution in [2.75, 3.05) is 6.61 Å². The molecular weight excluding hydrogens is 439 g/mol. The Morgan fingerprint density at radius 2 is 2.00 bits per heavy atom. The van der Waals surface area contributed by atoms with Crippen LogP contribution < -0.4 is 0 Å². The zero-order valence-electron chi connectivity index (χ0n) is 16.5. The van der Waals surface area contributed by atoms with Gasteiger partial charge in [0, 0.05) is 27.2 Å². The van der Waals surface area contributed by atoms with Gasteiger partial charge in [-0.2, -0.15) is 0 Å². The summed E-state index contributed by atoms with van der Waals surface area (Å²) in [5.74, 6) is -1.56. The average molecular weight is 457 g/mol. The molecule has 0 N–H and O–H groups in total. The molecule has 0 aliphatic heterocycles. The van der Waals surface area contributed by atoms with Crippen molar-refractivity contribution in [1.82, 2.24) is 9.97 Å². The maximum Gasteiger partial charge on any atom is 0.348 e. The molecule has 0 fully saturated rings. The van der Waals surface area contributed by atoms with Gasteiger partial charge in [0.25, 0.3) is 0 Å². The normalized spacial score (nSPS) is 10.9. The van der Waals surface area contributed by atoms with Crippen LogP contribution in [0, 0.1) is 5.82 Å². The van der Waals surface area contributed by atoms with Gasteiger partial charge >= 0.3 is 11.9 Å². The molecule has 4 aromatic rings. The number of thiazole rings is 1. The van der Waals surface area contributed by atoms with Gasteiger partial charge < -0.3 is 9.47 Å². The second-order valence-corrected chi connectivity index (χ2v) is 8.35. The molecule has 0 spiro atoms. The number of nitrogens with zero attached hydrogens (tertiary/aromatic N) is 2. The monoisotopic (exact) mass is 456 g/mol. The van der Waals surface area contributed by atoms with E-state index in [0.29, 0.717) is 21.0 Å². The van der Waals surface area contributed by atoms with Crippen LogP contribution in [0.4, 0.5) is 4.39 Å². The summed E-state index contributed by atoms with van der Waals surface area (Å²) in [5.41, 5.74) is 1.60. The fourth-order valence-corrected chi connectivity index (χ4v) is 4.92. The van der Waals surface area contributed by atoms with Crippen molar-refractivity contribution < 1.29 is 23.5 Å². The highest BCUT2D eigenvalue weighted by Gasteiger charge is 2.23. The van der Waals surface area contributed by atoms with E-state index in [0.717, 1.165) is 17.0 Å². The summed E-state index contributed by atoms with van der Waals surface area (Å²) in [4.78, 5) is 33.6. The van der Waals surface area contributed by atoms with E-state index in [1.807, 2.05) is 18.2 Å². The molecule has 9 heteroatoms. The summed E-state index contributed by atoms with van der Waals surface area (Å²) in [6.07, 6.45) is 1.64. The minimum Gasteiger partial charge on any atom is -0.462 e. The van der Waals surface area contributed by atoms with Crippen LogP contribution in [0.5, 0.6) is 0 Å². The van der Waals surface area contributed by atoms with Gasteiger partial charge in [-0.25, -0.2) is 14.2 Å². The third-order valence-corrected chi connectivity index (χ3v) is 6.45. The molecule has 158 valence electrons. The number of aromatic nitrogens is 2. The second kappa shape index (κ2) is 9.32. The van der Waals surface area contributed by atoms with E-state index in [4.69, 9.17) is 9.47 Å². The van der Waals surface area contributed by atoms with Crippen LogP contribution in [0.2, 0.25) is 0 Å². The Bertz CT molecular complexity index is 1240. The summed E-state index contributed by atoms with van der Waals surface area (Å²) in [6, 6.07) is 10.1. The first-order valence-corrected chi connectivity index (χ1v) is 11.1. The molecule has 3 aromatic heterocycles. The number of halogens is 1. The number of benzene rings is 1. The molecule has 0 aliphatic carbocycles. The number of hydrogen-bond donors (Lipinski definition) is 0. The Labute approximate surface area is 185 Å². The number of ether oxygens (including phenoxy) is 2. The minimum absolute atomic E-state index is 0.0391. The molecule has 1 aromatic carbocycles. The third kappa shape index (κ3) is 4.62. The van der Waals surface area contributed by atoms with Crippen molar-refractivity contribution in [3.05, 3.63) is 69.9 Å². The second-order valence-electron chi connectivity index (χ2n) is 6.44. The number of carbonyl (C=O) groups excluding carboxylic acids is 2. The summed E-state index contributed by atoms with van der Waals surface area (Å²) in [5, 5.41) is 2.75. The summed E-state index contributed by atoms with van der Waals surface area (Å²) >= 11 is 2.50. The highest BCUT2D eigenvalue weighted by atomic mass is 32.1. The average Bonchev–Trinajstić information content (AvgIpc) is 3.38. The zero-order valence-corrected chi connectivity index (χ0v) is 18.1. The first-order valence-electron chi connectivity index (χ1n) is 9.45. The van der Waals surface area contributed by atoms with Crippen molar-refractivity contribution in [1.29, 1.82) is 0 Å². The number of thiophene rings is 1. The first-order chi connectivity index (χ1) is 15.1. The Morgan fingerprint density at radius 1 is 1.13 bits per heavy atom. The summed E-state index contributed by atoms with van der Waals surface area (Å²) in [6.45, 7) is 1.65. The van der Waals surface area contributed by atoms with Gasteiger partial charge in [0.15, 0.2) is 0 Å². The molecule has 31 heavy (non-hydrogen) atoms. The molecular formula is C22H17FN2O4S2. The minimum atomic E-state index is -0.561. The van der Waals surface area contributed by atoms with Crippen LogP contribution in [-0.4, -0.2) is 28.5 Å². The smallest absolute Gasteiger partial charge is 0.348 e. The number of esters is 2.